The molecule has 1 aliphatic rings. The van der Waals surface area contributed by atoms with Gasteiger partial charge in [0.05, 0.1) is 12.9 Å². The van der Waals surface area contributed by atoms with Gasteiger partial charge in [0.25, 0.3) is 0 Å². The highest BCUT2D eigenvalue weighted by Gasteiger charge is 2.22. The highest BCUT2D eigenvalue weighted by Crippen LogP contribution is 2.18. The van der Waals surface area contributed by atoms with Gasteiger partial charge in [-0.15, -0.1) is 0 Å². The maximum absolute atomic E-state index is 11.6. The van der Waals surface area contributed by atoms with Gasteiger partial charge < -0.3 is 19.9 Å². The molecule has 1 fully saturated rings. The first-order valence-electron chi connectivity index (χ1n) is 5.77. The fraction of sp³-hybridized carbons (Fsp3) is 0.636. The molecule has 0 bridgehead atoms. The van der Waals surface area contributed by atoms with E-state index in [0.717, 1.165) is 18.8 Å². The number of methoxy groups -OCH3 is 1. The molecule has 1 aromatic rings. The minimum atomic E-state index is -0.00594. The fourth-order valence-electron chi connectivity index (χ4n) is 1.80. The largest absolute Gasteiger partial charge is 0.383 e. The van der Waals surface area contributed by atoms with Crippen molar-refractivity contribution in [1.82, 2.24) is 20.2 Å². The van der Waals surface area contributed by atoms with Crippen LogP contribution in [0.15, 0.2) is 12.5 Å². The molecular formula is C11H18N4O2. The van der Waals surface area contributed by atoms with Crippen molar-refractivity contribution in [1.29, 1.82) is 0 Å². The van der Waals surface area contributed by atoms with Crippen LogP contribution in [0.3, 0.4) is 0 Å². The van der Waals surface area contributed by atoms with E-state index in [4.69, 9.17) is 4.74 Å². The van der Waals surface area contributed by atoms with E-state index < -0.39 is 0 Å². The molecule has 6 heteroatoms. The number of nitrogens with one attached hydrogen (secondary N) is 2. The lowest BCUT2D eigenvalue weighted by Gasteiger charge is -2.27. The van der Waals surface area contributed by atoms with Gasteiger partial charge in [-0.05, 0) is 0 Å². The Hall–Kier alpha value is -1.40. The van der Waals surface area contributed by atoms with Crippen molar-refractivity contribution in [3.05, 3.63) is 18.2 Å². The van der Waals surface area contributed by atoms with Crippen LogP contribution < -0.4 is 10.6 Å². The van der Waals surface area contributed by atoms with Crippen LogP contribution in [0.1, 0.15) is 11.6 Å². The van der Waals surface area contributed by atoms with Crippen molar-refractivity contribution in [2.24, 2.45) is 0 Å². The normalized spacial score (nSPS) is 15.6. The zero-order valence-corrected chi connectivity index (χ0v) is 9.98. The Kier molecular flexibility index (Phi) is 4.11. The molecule has 1 aliphatic heterocycles. The number of hydrogen-bond donors (Lipinski definition) is 2. The van der Waals surface area contributed by atoms with Crippen molar-refractivity contribution in [2.75, 3.05) is 33.4 Å². The number of hydrogen-bond acceptors (Lipinski definition) is 4. The van der Waals surface area contributed by atoms with E-state index in [1.807, 2.05) is 10.8 Å². The van der Waals surface area contributed by atoms with E-state index in [2.05, 4.69) is 15.6 Å². The second-order valence-electron chi connectivity index (χ2n) is 4.14. The quantitative estimate of drug-likeness (QED) is 0.645. The van der Waals surface area contributed by atoms with Crippen LogP contribution in [-0.4, -0.2) is 48.8 Å². The second-order valence-corrected chi connectivity index (χ2v) is 4.14. The van der Waals surface area contributed by atoms with Crippen LogP contribution >= 0.6 is 0 Å². The molecule has 1 amide bonds. The Morgan fingerprint density at radius 2 is 2.53 bits per heavy atom. The minimum absolute atomic E-state index is 0.00594. The maximum atomic E-state index is 11.6. The third-order valence-electron chi connectivity index (χ3n) is 2.89. The lowest BCUT2D eigenvalue weighted by molar-refractivity contribution is -0.121. The Morgan fingerprint density at radius 3 is 3.18 bits per heavy atom. The zero-order chi connectivity index (χ0) is 12.1. The fourth-order valence-corrected chi connectivity index (χ4v) is 1.80. The molecule has 1 saturated heterocycles. The number of aromatic nitrogens is 2. The number of carbonyl (C=O) groups is 1. The van der Waals surface area contributed by atoms with Crippen molar-refractivity contribution < 1.29 is 9.53 Å². The summed E-state index contributed by atoms with van der Waals surface area (Å²) >= 11 is 0. The molecule has 0 unspecified atom stereocenters. The Labute approximate surface area is 100 Å². The number of imidazole rings is 1. The predicted molar refractivity (Wildman–Crippen MR) is 62.7 cm³/mol. The summed E-state index contributed by atoms with van der Waals surface area (Å²) < 4.78 is 6.78. The molecular weight excluding hydrogens is 220 g/mol. The van der Waals surface area contributed by atoms with E-state index in [1.54, 1.807) is 13.4 Å². The Balaban J connectivity index is 1.85. The third kappa shape index (κ3) is 3.04. The first-order chi connectivity index (χ1) is 8.31. The van der Waals surface area contributed by atoms with E-state index in [0.29, 0.717) is 25.6 Å². The van der Waals surface area contributed by atoms with Crippen LogP contribution in [0.2, 0.25) is 0 Å². The molecule has 0 saturated carbocycles. The van der Waals surface area contributed by atoms with Gasteiger partial charge in [0, 0.05) is 44.6 Å². The SMILES string of the molecule is COCCNC(=O)Cn1cncc1C1CNC1. The minimum Gasteiger partial charge on any atom is -0.383 e. The van der Waals surface area contributed by atoms with Crippen molar-refractivity contribution in [2.45, 2.75) is 12.5 Å². The van der Waals surface area contributed by atoms with Crippen LogP contribution in [-0.2, 0) is 16.1 Å². The molecule has 6 nitrogen and oxygen atoms in total. The van der Waals surface area contributed by atoms with Crippen molar-refractivity contribution in [3.8, 4) is 0 Å². The van der Waals surface area contributed by atoms with Crippen LogP contribution in [0.4, 0.5) is 0 Å². The molecule has 1 aromatic heterocycles. The summed E-state index contributed by atoms with van der Waals surface area (Å²) in [5, 5.41) is 6.01. The molecule has 17 heavy (non-hydrogen) atoms. The highest BCUT2D eigenvalue weighted by atomic mass is 16.5. The van der Waals surface area contributed by atoms with E-state index in [9.17, 15) is 4.79 Å². The van der Waals surface area contributed by atoms with Gasteiger partial charge in [-0.2, -0.15) is 0 Å². The number of nitrogens with zero attached hydrogens (tertiary/aromatic N) is 2. The summed E-state index contributed by atoms with van der Waals surface area (Å²) in [5.74, 6) is 0.484. The smallest absolute Gasteiger partial charge is 0.240 e. The Morgan fingerprint density at radius 1 is 1.71 bits per heavy atom. The molecule has 0 radical (unpaired) electrons. The summed E-state index contributed by atoms with van der Waals surface area (Å²) in [6, 6.07) is 0. The van der Waals surface area contributed by atoms with Crippen molar-refractivity contribution in [3.63, 3.8) is 0 Å². The topological polar surface area (TPSA) is 68.2 Å². The number of ether oxygens (including phenoxy) is 1. The van der Waals surface area contributed by atoms with E-state index >= 15 is 0 Å². The molecule has 2 rings (SSSR count). The first-order valence-corrected chi connectivity index (χ1v) is 5.77. The summed E-state index contributed by atoms with van der Waals surface area (Å²) in [4.78, 5) is 15.7. The number of amides is 1. The molecule has 0 aromatic carbocycles. The molecule has 0 spiro atoms. The molecule has 0 aliphatic carbocycles. The molecule has 2 heterocycles. The van der Waals surface area contributed by atoms with Gasteiger partial charge in [0.1, 0.15) is 6.54 Å². The van der Waals surface area contributed by atoms with E-state index in [-0.39, 0.29) is 5.91 Å². The highest BCUT2D eigenvalue weighted by molar-refractivity contribution is 5.75. The van der Waals surface area contributed by atoms with Gasteiger partial charge in [-0.25, -0.2) is 4.98 Å². The summed E-state index contributed by atoms with van der Waals surface area (Å²) in [6.07, 6.45) is 3.55. The summed E-state index contributed by atoms with van der Waals surface area (Å²) in [7, 11) is 1.61. The van der Waals surface area contributed by atoms with Gasteiger partial charge in [-0.3, -0.25) is 4.79 Å². The van der Waals surface area contributed by atoms with Gasteiger partial charge in [0.2, 0.25) is 5.91 Å². The molecule has 2 N–H and O–H groups in total. The van der Waals surface area contributed by atoms with E-state index in [1.165, 1.54) is 0 Å². The van der Waals surface area contributed by atoms with Crippen LogP contribution in [0.25, 0.3) is 0 Å². The zero-order valence-electron chi connectivity index (χ0n) is 9.98. The summed E-state index contributed by atoms with van der Waals surface area (Å²) in [6.45, 7) is 3.35. The molecule has 94 valence electrons. The van der Waals surface area contributed by atoms with Gasteiger partial charge in [0.15, 0.2) is 0 Å². The number of carbonyl (C=O) groups excluding carboxylic acids is 1. The third-order valence-corrected chi connectivity index (χ3v) is 2.89. The predicted octanol–water partition coefficient (Wildman–Crippen LogP) is -0.667. The second kappa shape index (κ2) is 5.79. The van der Waals surface area contributed by atoms with Crippen LogP contribution in [0.5, 0.6) is 0 Å². The Bertz CT molecular complexity index is 373. The standard InChI is InChI=1S/C11H18N4O2/c1-17-3-2-14-11(16)7-15-8-13-6-10(15)9-4-12-5-9/h6,8-9,12H,2-5,7H2,1H3,(H,14,16). The molecule has 0 atom stereocenters. The summed E-state index contributed by atoms with van der Waals surface area (Å²) in [5.41, 5.74) is 1.13. The average Bonchev–Trinajstić information content (AvgIpc) is 2.64. The average molecular weight is 238 g/mol. The number of rotatable bonds is 6. The lowest BCUT2D eigenvalue weighted by Crippen LogP contribution is -2.41. The van der Waals surface area contributed by atoms with Crippen LogP contribution in [0, 0.1) is 0 Å². The van der Waals surface area contributed by atoms with Gasteiger partial charge >= 0.3 is 0 Å². The lowest BCUT2D eigenvalue weighted by atomic mass is 10.00. The monoisotopic (exact) mass is 238 g/mol. The van der Waals surface area contributed by atoms with Gasteiger partial charge in [-0.1, -0.05) is 0 Å². The van der Waals surface area contributed by atoms with Crippen molar-refractivity contribution >= 4 is 5.91 Å². The maximum Gasteiger partial charge on any atom is 0.240 e. The first kappa shape index (κ1) is 12.1.